The second kappa shape index (κ2) is 7.44. The number of oxazole rings is 1. The summed E-state index contributed by atoms with van der Waals surface area (Å²) in [5.74, 6) is 0.682. The number of nitrogens with one attached hydrogen (secondary N) is 1. The van der Waals surface area contributed by atoms with Crippen LogP contribution in [0, 0.1) is 5.41 Å². The van der Waals surface area contributed by atoms with Gasteiger partial charge >= 0.3 is 0 Å². The molecule has 154 valence electrons. The maximum absolute atomic E-state index is 13.1. The van der Waals surface area contributed by atoms with Crippen LogP contribution in [0.2, 0.25) is 0 Å². The first kappa shape index (κ1) is 18.6. The number of H-pyrrole nitrogens is 1. The van der Waals surface area contributed by atoms with Crippen molar-refractivity contribution in [1.82, 2.24) is 24.8 Å². The van der Waals surface area contributed by atoms with Crippen LogP contribution in [0.5, 0.6) is 0 Å². The van der Waals surface area contributed by atoms with E-state index in [1.54, 1.807) is 18.7 Å². The lowest BCUT2D eigenvalue weighted by atomic mass is 9.70. The van der Waals surface area contributed by atoms with E-state index in [1.807, 2.05) is 40.1 Å². The minimum absolute atomic E-state index is 0.0181. The van der Waals surface area contributed by atoms with Gasteiger partial charge in [0.25, 0.3) is 11.8 Å². The van der Waals surface area contributed by atoms with E-state index < -0.39 is 0 Å². The van der Waals surface area contributed by atoms with Gasteiger partial charge in [0.15, 0.2) is 5.89 Å². The van der Waals surface area contributed by atoms with E-state index in [1.165, 1.54) is 6.33 Å². The molecule has 8 nitrogen and oxygen atoms in total. The van der Waals surface area contributed by atoms with E-state index in [-0.39, 0.29) is 23.1 Å². The third-order valence-corrected chi connectivity index (χ3v) is 6.48. The van der Waals surface area contributed by atoms with Gasteiger partial charge in [0.05, 0.1) is 24.6 Å². The molecule has 2 aromatic heterocycles. The molecule has 2 aliphatic rings. The van der Waals surface area contributed by atoms with Crippen LogP contribution in [-0.2, 0) is 0 Å². The number of aromatic amines is 1. The maximum Gasteiger partial charge on any atom is 0.271 e. The second-order valence-corrected chi connectivity index (χ2v) is 8.09. The molecule has 0 radical (unpaired) electrons. The van der Waals surface area contributed by atoms with E-state index in [9.17, 15) is 9.59 Å². The van der Waals surface area contributed by atoms with Crippen LogP contribution in [0.25, 0.3) is 0 Å². The number of benzene rings is 1. The first-order chi connectivity index (χ1) is 14.7. The zero-order valence-corrected chi connectivity index (χ0v) is 16.5. The predicted molar refractivity (Wildman–Crippen MR) is 108 cm³/mol. The molecule has 2 saturated heterocycles. The summed E-state index contributed by atoms with van der Waals surface area (Å²) in [6.07, 6.45) is 7.89. The molecule has 1 N–H and O–H groups in total. The summed E-state index contributed by atoms with van der Waals surface area (Å²) in [5, 5.41) is 0. The average Bonchev–Trinajstić information content (AvgIpc) is 3.55. The molecule has 2 amide bonds. The van der Waals surface area contributed by atoms with Gasteiger partial charge in [-0.2, -0.15) is 0 Å². The Morgan fingerprint density at radius 3 is 2.57 bits per heavy atom. The lowest BCUT2D eigenvalue weighted by Crippen LogP contribution is -2.46. The smallest absolute Gasteiger partial charge is 0.271 e. The van der Waals surface area contributed by atoms with Crippen molar-refractivity contribution in [2.45, 2.75) is 18.8 Å². The summed E-state index contributed by atoms with van der Waals surface area (Å²) in [6, 6.07) is 9.36. The standard InChI is InChI=1S/C22H23N5O3/c28-20(16-4-2-1-3-5-16)27-13-17(19-24-8-11-30-19)22(14-27)6-9-26(10-7-22)21(29)18-12-23-15-25-18/h1-5,8,11-12,15,17H,6-7,9-10,13-14H2,(H,23,25). The first-order valence-corrected chi connectivity index (χ1v) is 10.2. The highest BCUT2D eigenvalue weighted by Crippen LogP contribution is 2.49. The molecule has 1 atom stereocenters. The molecule has 4 heterocycles. The van der Waals surface area contributed by atoms with Crippen LogP contribution >= 0.6 is 0 Å². The van der Waals surface area contributed by atoms with E-state index >= 15 is 0 Å². The number of piperidine rings is 1. The lowest BCUT2D eigenvalue weighted by Gasteiger charge is -2.41. The molecule has 1 unspecified atom stereocenters. The molecule has 1 spiro atoms. The van der Waals surface area contributed by atoms with Crippen molar-refractivity contribution in [1.29, 1.82) is 0 Å². The van der Waals surface area contributed by atoms with Gasteiger partial charge in [0.1, 0.15) is 12.0 Å². The summed E-state index contributed by atoms with van der Waals surface area (Å²) in [5.41, 5.74) is 1.04. The Morgan fingerprint density at radius 2 is 1.90 bits per heavy atom. The number of hydrogen-bond donors (Lipinski definition) is 1. The third-order valence-electron chi connectivity index (χ3n) is 6.48. The van der Waals surface area contributed by atoms with Crippen LogP contribution in [0.3, 0.4) is 0 Å². The number of aromatic nitrogens is 3. The molecular weight excluding hydrogens is 382 g/mol. The largest absolute Gasteiger partial charge is 0.449 e. The number of nitrogens with zero attached hydrogens (tertiary/aromatic N) is 4. The minimum atomic E-state index is -0.153. The number of carbonyl (C=O) groups excluding carboxylic acids is 2. The molecule has 2 aliphatic heterocycles. The Hall–Kier alpha value is -3.42. The van der Waals surface area contributed by atoms with Crippen molar-refractivity contribution in [3.8, 4) is 0 Å². The molecule has 30 heavy (non-hydrogen) atoms. The van der Waals surface area contributed by atoms with E-state index in [4.69, 9.17) is 4.42 Å². The summed E-state index contributed by atoms with van der Waals surface area (Å²) in [7, 11) is 0. The monoisotopic (exact) mass is 405 g/mol. The molecule has 0 bridgehead atoms. The number of imidazole rings is 1. The van der Waals surface area contributed by atoms with Gasteiger partial charge in [-0.25, -0.2) is 9.97 Å². The van der Waals surface area contributed by atoms with Crippen molar-refractivity contribution < 1.29 is 14.0 Å². The first-order valence-electron chi connectivity index (χ1n) is 10.2. The van der Waals surface area contributed by atoms with Crippen LogP contribution in [0.1, 0.15) is 45.5 Å². The molecule has 0 saturated carbocycles. The Morgan fingerprint density at radius 1 is 1.10 bits per heavy atom. The van der Waals surface area contributed by atoms with Crippen molar-refractivity contribution in [3.05, 3.63) is 72.5 Å². The zero-order chi connectivity index (χ0) is 20.6. The maximum atomic E-state index is 13.1. The fourth-order valence-electron chi connectivity index (χ4n) is 4.84. The number of likely N-dealkylation sites (tertiary alicyclic amines) is 2. The van der Waals surface area contributed by atoms with Gasteiger partial charge < -0.3 is 19.2 Å². The third kappa shape index (κ3) is 3.18. The molecule has 0 aliphatic carbocycles. The van der Waals surface area contributed by atoms with Crippen LogP contribution < -0.4 is 0 Å². The summed E-state index contributed by atoms with van der Waals surface area (Å²) >= 11 is 0. The Kier molecular flexibility index (Phi) is 4.61. The van der Waals surface area contributed by atoms with E-state index in [0.717, 1.165) is 12.8 Å². The van der Waals surface area contributed by atoms with Gasteiger partial charge in [0, 0.05) is 37.2 Å². The molecule has 2 fully saturated rings. The SMILES string of the molecule is O=C(c1ccccc1)N1CC(c2ncco2)C2(CCN(C(=O)c3cnc[nH]3)CC2)C1. The van der Waals surface area contributed by atoms with Gasteiger partial charge in [-0.05, 0) is 25.0 Å². The number of amides is 2. The van der Waals surface area contributed by atoms with Gasteiger partial charge in [-0.1, -0.05) is 18.2 Å². The predicted octanol–water partition coefficient (Wildman–Crippen LogP) is 2.56. The molecule has 3 aromatic rings. The van der Waals surface area contributed by atoms with Gasteiger partial charge in [-0.15, -0.1) is 0 Å². The summed E-state index contributed by atoms with van der Waals surface area (Å²) < 4.78 is 5.67. The Balaban J connectivity index is 1.37. The molecule has 8 heteroatoms. The molecular formula is C22H23N5O3. The van der Waals surface area contributed by atoms with Crippen molar-refractivity contribution in [3.63, 3.8) is 0 Å². The summed E-state index contributed by atoms with van der Waals surface area (Å²) in [4.78, 5) is 40.8. The number of hydrogen-bond acceptors (Lipinski definition) is 5. The fourth-order valence-corrected chi connectivity index (χ4v) is 4.84. The quantitative estimate of drug-likeness (QED) is 0.723. The Labute approximate surface area is 173 Å². The second-order valence-electron chi connectivity index (χ2n) is 8.09. The number of rotatable bonds is 3. The van der Waals surface area contributed by atoms with Crippen LogP contribution in [0.15, 0.2) is 59.7 Å². The van der Waals surface area contributed by atoms with Crippen LogP contribution in [0.4, 0.5) is 0 Å². The highest BCUT2D eigenvalue weighted by atomic mass is 16.3. The normalized spacial score (nSPS) is 20.6. The summed E-state index contributed by atoms with van der Waals surface area (Å²) in [6.45, 7) is 2.47. The van der Waals surface area contributed by atoms with E-state index in [2.05, 4.69) is 15.0 Å². The van der Waals surface area contributed by atoms with Crippen LogP contribution in [-0.4, -0.2) is 62.7 Å². The highest BCUT2D eigenvalue weighted by Gasteiger charge is 2.52. The minimum Gasteiger partial charge on any atom is -0.449 e. The lowest BCUT2D eigenvalue weighted by molar-refractivity contribution is 0.0525. The van der Waals surface area contributed by atoms with Crippen molar-refractivity contribution in [2.75, 3.05) is 26.2 Å². The zero-order valence-electron chi connectivity index (χ0n) is 16.5. The molecule has 5 rings (SSSR count). The van der Waals surface area contributed by atoms with E-state index in [0.29, 0.717) is 43.3 Å². The van der Waals surface area contributed by atoms with Crippen molar-refractivity contribution in [2.24, 2.45) is 5.41 Å². The highest BCUT2D eigenvalue weighted by molar-refractivity contribution is 5.94. The Bertz CT molecular complexity index is 1010. The number of carbonyl (C=O) groups is 2. The van der Waals surface area contributed by atoms with Gasteiger partial charge in [0.2, 0.25) is 0 Å². The fraction of sp³-hybridized carbons (Fsp3) is 0.364. The van der Waals surface area contributed by atoms with Gasteiger partial charge in [-0.3, -0.25) is 9.59 Å². The van der Waals surface area contributed by atoms with Crippen molar-refractivity contribution >= 4 is 11.8 Å². The molecule has 1 aromatic carbocycles. The average molecular weight is 405 g/mol. The topological polar surface area (TPSA) is 95.3 Å².